The highest BCUT2D eigenvalue weighted by atomic mass is 32.2. The fourth-order valence-corrected chi connectivity index (χ4v) is 10.9. The van der Waals surface area contributed by atoms with E-state index < -0.39 is 0 Å². The molecule has 0 unspecified atom stereocenters. The Bertz CT molecular complexity index is 1750. The molecule has 7 atom stereocenters. The number of nitrogens with one attached hydrogen (secondary N) is 1. The predicted molar refractivity (Wildman–Crippen MR) is 159 cm³/mol. The zero-order valence-corrected chi connectivity index (χ0v) is 24.0. The molecule has 2 amide bonds. The molecule has 2 aliphatic heterocycles. The summed E-state index contributed by atoms with van der Waals surface area (Å²) in [6.45, 7) is 2.52. The third-order valence-electron chi connectivity index (χ3n) is 9.47. The average Bonchev–Trinajstić information content (AvgIpc) is 3.71. The van der Waals surface area contributed by atoms with Gasteiger partial charge in [0, 0.05) is 21.6 Å². The number of para-hydroxylation sites is 2. The van der Waals surface area contributed by atoms with Gasteiger partial charge in [0.25, 0.3) is 0 Å². The predicted octanol–water partition coefficient (Wildman–Crippen LogP) is 6.00. The average molecular weight is 581 g/mol. The van der Waals surface area contributed by atoms with Crippen LogP contribution in [-0.2, 0) is 16.2 Å². The van der Waals surface area contributed by atoms with Crippen molar-refractivity contribution in [1.29, 1.82) is 0 Å². The molecule has 1 saturated heterocycles. The van der Waals surface area contributed by atoms with E-state index in [4.69, 9.17) is 4.74 Å². The summed E-state index contributed by atoms with van der Waals surface area (Å²) in [5, 5.41) is 1.04. The van der Waals surface area contributed by atoms with Crippen LogP contribution in [0.15, 0.2) is 88.7 Å². The maximum atomic E-state index is 13.9. The van der Waals surface area contributed by atoms with Crippen LogP contribution in [0.3, 0.4) is 0 Å². The van der Waals surface area contributed by atoms with Crippen LogP contribution in [0.1, 0.15) is 33.9 Å². The minimum absolute atomic E-state index is 0.0628. The van der Waals surface area contributed by atoms with Crippen LogP contribution in [0.25, 0.3) is 0 Å². The van der Waals surface area contributed by atoms with Gasteiger partial charge in [0.05, 0.1) is 22.5 Å². The number of carbonyl (C=O) groups excluding carboxylic acids is 2. The molecule has 1 N–H and O–H groups in total. The summed E-state index contributed by atoms with van der Waals surface area (Å²) in [6, 6.07) is 25.7. The number of imide groups is 1. The lowest BCUT2D eigenvalue weighted by Gasteiger charge is -2.43. The Kier molecular flexibility index (Phi) is 5.80. The molecule has 4 aromatic rings. The molecule has 8 rings (SSSR count). The molecule has 2 aliphatic carbocycles. The summed E-state index contributed by atoms with van der Waals surface area (Å²) in [7, 11) is 0. The summed E-state index contributed by atoms with van der Waals surface area (Å²) >= 11 is 2.98. The molecule has 2 saturated carbocycles. The number of thiazole rings is 1. The molecule has 3 fully saturated rings. The molecular formula is C33H28N2O4S2. The fraction of sp³-hybridized carbons (Fsp3) is 0.303. The number of hydrogen-bond acceptors (Lipinski definition) is 6. The molecule has 1 aromatic heterocycles. The Balaban J connectivity index is 1.19. The van der Waals surface area contributed by atoms with E-state index in [0.29, 0.717) is 12.3 Å². The maximum absolute atomic E-state index is 13.9. The number of anilines is 1. The van der Waals surface area contributed by atoms with Gasteiger partial charge in [0.15, 0.2) is 0 Å². The number of amides is 2. The number of aromatic amines is 1. The van der Waals surface area contributed by atoms with Gasteiger partial charge >= 0.3 is 4.87 Å². The van der Waals surface area contributed by atoms with E-state index in [-0.39, 0.29) is 57.4 Å². The number of hydrogen-bond donors (Lipinski definition) is 1. The topological polar surface area (TPSA) is 79.5 Å². The van der Waals surface area contributed by atoms with E-state index in [1.807, 2.05) is 54.6 Å². The van der Waals surface area contributed by atoms with E-state index in [9.17, 15) is 14.4 Å². The smallest absolute Gasteiger partial charge is 0.305 e. The number of nitrogens with zero attached hydrogens (tertiary/aromatic N) is 1. The minimum Gasteiger partial charge on any atom is -0.489 e. The van der Waals surface area contributed by atoms with Crippen LogP contribution in [0.5, 0.6) is 5.75 Å². The number of H-pyrrole nitrogens is 1. The molecule has 4 aliphatic rings. The quantitative estimate of drug-likeness (QED) is 0.293. The van der Waals surface area contributed by atoms with Crippen LogP contribution in [0.4, 0.5) is 5.69 Å². The van der Waals surface area contributed by atoms with Crippen LogP contribution >= 0.6 is 23.1 Å². The Morgan fingerprint density at radius 2 is 1.66 bits per heavy atom. The van der Waals surface area contributed by atoms with E-state index in [2.05, 4.69) is 36.2 Å². The van der Waals surface area contributed by atoms with Crippen LogP contribution in [0.2, 0.25) is 0 Å². The molecule has 8 heteroatoms. The highest BCUT2D eigenvalue weighted by molar-refractivity contribution is 8.00. The number of ether oxygens (including phenoxy) is 1. The highest BCUT2D eigenvalue weighted by Crippen LogP contribution is 2.69. The second kappa shape index (κ2) is 9.46. The number of fused-ring (bicyclic) bond motifs is 9. The summed E-state index contributed by atoms with van der Waals surface area (Å²) in [6.07, 6.45) is 0.861. The number of aromatic nitrogens is 1. The lowest BCUT2D eigenvalue weighted by atomic mass is 9.68. The van der Waals surface area contributed by atoms with Gasteiger partial charge in [-0.05, 0) is 54.9 Å². The summed E-state index contributed by atoms with van der Waals surface area (Å²) in [5.74, 6) is 0.225. The Morgan fingerprint density at radius 1 is 0.902 bits per heavy atom. The molecule has 3 aromatic carbocycles. The molecule has 2 bridgehead atoms. The van der Waals surface area contributed by atoms with Crippen molar-refractivity contribution >= 4 is 40.6 Å². The number of aryl methyl sites for hydroxylation is 1. The lowest BCUT2D eigenvalue weighted by molar-refractivity contribution is -0.123. The molecule has 0 radical (unpaired) electrons. The molecule has 0 spiro atoms. The first-order chi connectivity index (χ1) is 20.0. The van der Waals surface area contributed by atoms with Gasteiger partial charge in [-0.15, -0.1) is 11.8 Å². The van der Waals surface area contributed by atoms with Gasteiger partial charge in [0.1, 0.15) is 12.4 Å². The van der Waals surface area contributed by atoms with Gasteiger partial charge in [0.2, 0.25) is 11.8 Å². The first kappa shape index (κ1) is 25.1. The zero-order valence-electron chi connectivity index (χ0n) is 22.4. The SMILES string of the molecule is Cc1cccc(COc2ccccc2[C@@H]2c3sc(=O)[nH]c3S[C@@H]3[C@@H]4C[C@@H]([C@@H]5C(=O)N(c6ccccc6)C(=O)[C@@H]45)[C@@H]23)c1. The third-order valence-corrected chi connectivity index (χ3v) is 12.1. The normalized spacial score (nSPS) is 29.4. The molecule has 206 valence electrons. The second-order valence-electron chi connectivity index (χ2n) is 11.6. The van der Waals surface area contributed by atoms with Gasteiger partial charge < -0.3 is 9.72 Å². The Labute approximate surface area is 245 Å². The van der Waals surface area contributed by atoms with Crippen LogP contribution < -0.4 is 14.5 Å². The molecular weight excluding hydrogens is 553 g/mol. The Morgan fingerprint density at radius 3 is 2.46 bits per heavy atom. The minimum atomic E-state index is -0.324. The van der Waals surface area contributed by atoms with E-state index in [1.165, 1.54) is 21.8 Å². The van der Waals surface area contributed by atoms with Crippen molar-refractivity contribution in [2.75, 3.05) is 4.90 Å². The number of carbonyl (C=O) groups is 2. The largest absolute Gasteiger partial charge is 0.489 e. The van der Waals surface area contributed by atoms with Crippen molar-refractivity contribution in [2.45, 2.75) is 36.1 Å². The molecule has 3 heterocycles. The third kappa shape index (κ3) is 3.80. The molecule has 41 heavy (non-hydrogen) atoms. The summed E-state index contributed by atoms with van der Waals surface area (Å²) in [4.78, 5) is 45.8. The van der Waals surface area contributed by atoms with E-state index in [0.717, 1.165) is 33.2 Å². The van der Waals surface area contributed by atoms with Crippen molar-refractivity contribution in [3.05, 3.63) is 110 Å². The van der Waals surface area contributed by atoms with Gasteiger partial charge in [-0.2, -0.15) is 0 Å². The van der Waals surface area contributed by atoms with Crippen molar-refractivity contribution in [1.82, 2.24) is 4.98 Å². The van der Waals surface area contributed by atoms with Gasteiger partial charge in [-0.1, -0.05) is 77.6 Å². The standard InChI is InChI=1S/C33H28N2O4S2/c1-17-8-7-9-18(14-17)16-39-23-13-6-5-12-20(23)24-25-21-15-22(28(25)40-30-29(24)41-33(38)34-30)27-26(21)31(36)35(32(27)37)19-10-3-2-4-11-19/h2-14,21-22,24-28H,15-16H2,1H3,(H,34,38)/t21-,22-,24+,25+,26+,27+,28-/m1/s1. The monoisotopic (exact) mass is 580 g/mol. The van der Waals surface area contributed by atoms with Crippen molar-refractivity contribution in [3.8, 4) is 5.75 Å². The first-order valence-corrected chi connectivity index (χ1v) is 15.8. The van der Waals surface area contributed by atoms with Gasteiger partial charge in [-0.3, -0.25) is 19.3 Å². The fourth-order valence-electron chi connectivity index (χ4n) is 8.03. The first-order valence-electron chi connectivity index (χ1n) is 14.1. The number of rotatable bonds is 5. The Hall–Kier alpha value is -3.62. The van der Waals surface area contributed by atoms with E-state index in [1.54, 1.807) is 11.8 Å². The number of benzene rings is 3. The van der Waals surface area contributed by atoms with E-state index >= 15 is 0 Å². The van der Waals surface area contributed by atoms with Crippen molar-refractivity contribution < 1.29 is 14.3 Å². The zero-order chi connectivity index (χ0) is 27.8. The summed E-state index contributed by atoms with van der Waals surface area (Å²) < 4.78 is 6.46. The van der Waals surface area contributed by atoms with Crippen LogP contribution in [-0.4, -0.2) is 22.0 Å². The highest BCUT2D eigenvalue weighted by Gasteiger charge is 2.69. The summed E-state index contributed by atoms with van der Waals surface area (Å²) in [5.41, 5.74) is 3.99. The van der Waals surface area contributed by atoms with Gasteiger partial charge in [-0.25, -0.2) is 0 Å². The number of thioether (sulfide) groups is 1. The van der Waals surface area contributed by atoms with Crippen molar-refractivity contribution in [3.63, 3.8) is 0 Å². The maximum Gasteiger partial charge on any atom is 0.305 e. The second-order valence-corrected chi connectivity index (χ2v) is 13.8. The van der Waals surface area contributed by atoms with Crippen molar-refractivity contribution in [2.24, 2.45) is 29.6 Å². The molecule has 6 nitrogen and oxygen atoms in total. The lowest BCUT2D eigenvalue weighted by Crippen LogP contribution is -2.42. The van der Waals surface area contributed by atoms with Crippen LogP contribution in [0, 0.1) is 36.5 Å².